The monoisotopic (exact) mass is 164 g/mol. The van der Waals surface area contributed by atoms with E-state index < -0.39 is 0 Å². The summed E-state index contributed by atoms with van der Waals surface area (Å²) in [4.78, 5) is 0. The van der Waals surface area contributed by atoms with Gasteiger partial charge in [-0.25, -0.2) is 0 Å². The van der Waals surface area contributed by atoms with Gasteiger partial charge in [0.1, 0.15) is 0 Å². The molecule has 68 valence electrons. The third-order valence-corrected chi connectivity index (χ3v) is 3.67. The van der Waals surface area contributed by atoms with E-state index in [2.05, 4.69) is 29.5 Å². The summed E-state index contributed by atoms with van der Waals surface area (Å²) in [5.41, 5.74) is 0.894. The Labute approximate surface area is 79.3 Å². The molecule has 0 aliphatic heterocycles. The van der Waals surface area contributed by atoms with Crippen LogP contribution in [0.1, 0.15) is 39.5 Å². The van der Waals surface area contributed by atoms with Crippen LogP contribution in [0.15, 0.2) is 0 Å². The van der Waals surface area contributed by atoms with Crippen LogP contribution in [0.2, 0.25) is 5.72 Å². The summed E-state index contributed by atoms with van der Waals surface area (Å²) in [5, 5.41) is 0. The lowest BCUT2D eigenvalue weighted by molar-refractivity contribution is 0.336. The standard InChI is InChI=1S/C10H22B2/c1-3-9(10(11)12)8-5-4-7(2)6-8/h7-10H,3-6,11-12H2,1-2H3. The number of hydrogen-bond donors (Lipinski definition) is 0. The van der Waals surface area contributed by atoms with Gasteiger partial charge >= 0.3 is 0 Å². The van der Waals surface area contributed by atoms with Crippen molar-refractivity contribution in [2.75, 3.05) is 0 Å². The summed E-state index contributed by atoms with van der Waals surface area (Å²) >= 11 is 0. The molecule has 0 aromatic carbocycles. The van der Waals surface area contributed by atoms with Gasteiger partial charge in [0.15, 0.2) is 0 Å². The highest BCUT2D eigenvalue weighted by Gasteiger charge is 2.28. The van der Waals surface area contributed by atoms with E-state index in [0.717, 1.165) is 23.5 Å². The van der Waals surface area contributed by atoms with E-state index in [1.54, 1.807) is 0 Å². The molecule has 1 fully saturated rings. The van der Waals surface area contributed by atoms with Crippen molar-refractivity contribution >= 4 is 15.7 Å². The van der Waals surface area contributed by atoms with E-state index in [4.69, 9.17) is 0 Å². The zero-order chi connectivity index (χ0) is 9.14. The fraction of sp³-hybridized carbons (Fsp3) is 1.00. The van der Waals surface area contributed by atoms with Gasteiger partial charge in [0, 0.05) is 0 Å². The molecule has 0 spiro atoms. The predicted molar refractivity (Wildman–Crippen MR) is 61.1 cm³/mol. The molecular weight excluding hydrogens is 142 g/mol. The molecular formula is C10H22B2. The summed E-state index contributed by atoms with van der Waals surface area (Å²) in [6, 6.07) is 0. The van der Waals surface area contributed by atoms with Crippen LogP contribution in [0.5, 0.6) is 0 Å². The van der Waals surface area contributed by atoms with Gasteiger partial charge in [-0.3, -0.25) is 0 Å². The molecule has 0 heterocycles. The smallest absolute Gasteiger partial charge is 0.0929 e. The van der Waals surface area contributed by atoms with E-state index in [0.29, 0.717) is 0 Å². The van der Waals surface area contributed by atoms with Gasteiger partial charge in [0.05, 0.1) is 15.7 Å². The van der Waals surface area contributed by atoms with Crippen molar-refractivity contribution < 1.29 is 0 Å². The lowest BCUT2D eigenvalue weighted by Crippen LogP contribution is -2.17. The van der Waals surface area contributed by atoms with Gasteiger partial charge in [0.2, 0.25) is 0 Å². The topological polar surface area (TPSA) is 0 Å². The Morgan fingerprint density at radius 3 is 2.33 bits per heavy atom. The Bertz CT molecular complexity index is 134. The molecule has 0 bridgehead atoms. The van der Waals surface area contributed by atoms with E-state index in [9.17, 15) is 0 Å². The van der Waals surface area contributed by atoms with Crippen molar-refractivity contribution in [3.63, 3.8) is 0 Å². The molecule has 3 atom stereocenters. The molecule has 1 saturated carbocycles. The van der Waals surface area contributed by atoms with Crippen molar-refractivity contribution in [1.82, 2.24) is 0 Å². The average Bonchev–Trinajstić information content (AvgIpc) is 2.37. The molecule has 0 radical (unpaired) electrons. The predicted octanol–water partition coefficient (Wildman–Crippen LogP) is 1.46. The Morgan fingerprint density at radius 1 is 1.33 bits per heavy atom. The molecule has 0 amide bonds. The SMILES string of the molecule is BC(B)C(CC)C1CCC(C)C1. The lowest BCUT2D eigenvalue weighted by atomic mass is 9.59. The zero-order valence-corrected chi connectivity index (χ0v) is 9.14. The Morgan fingerprint density at radius 2 is 2.00 bits per heavy atom. The van der Waals surface area contributed by atoms with Gasteiger partial charge in [-0.05, 0) is 24.7 Å². The van der Waals surface area contributed by atoms with Crippen LogP contribution >= 0.6 is 0 Å². The van der Waals surface area contributed by atoms with Gasteiger partial charge in [-0.15, -0.1) is 0 Å². The van der Waals surface area contributed by atoms with Gasteiger partial charge < -0.3 is 0 Å². The number of rotatable bonds is 3. The molecule has 0 nitrogen and oxygen atoms in total. The van der Waals surface area contributed by atoms with E-state index in [1.165, 1.54) is 25.7 Å². The van der Waals surface area contributed by atoms with Crippen molar-refractivity contribution in [1.29, 1.82) is 0 Å². The fourth-order valence-electron chi connectivity index (χ4n) is 2.99. The number of hydrogen-bond acceptors (Lipinski definition) is 0. The maximum Gasteiger partial charge on any atom is 0.0960 e. The summed E-state index contributed by atoms with van der Waals surface area (Å²) < 4.78 is 0. The van der Waals surface area contributed by atoms with Gasteiger partial charge in [-0.1, -0.05) is 38.3 Å². The molecule has 0 N–H and O–H groups in total. The molecule has 0 saturated heterocycles. The molecule has 12 heavy (non-hydrogen) atoms. The Hall–Kier alpha value is 0.130. The third-order valence-electron chi connectivity index (χ3n) is 3.67. The first-order valence-corrected chi connectivity index (χ1v) is 5.65. The minimum atomic E-state index is 0.894. The van der Waals surface area contributed by atoms with Crippen LogP contribution < -0.4 is 0 Å². The average molecular weight is 164 g/mol. The maximum absolute atomic E-state index is 2.41. The summed E-state index contributed by atoms with van der Waals surface area (Å²) in [6.07, 6.45) is 5.86. The maximum atomic E-state index is 2.41. The normalized spacial score (nSPS) is 32.6. The summed E-state index contributed by atoms with van der Waals surface area (Å²) in [5.74, 6) is 3.04. The zero-order valence-electron chi connectivity index (χ0n) is 9.14. The van der Waals surface area contributed by atoms with E-state index in [-0.39, 0.29) is 0 Å². The highest BCUT2D eigenvalue weighted by molar-refractivity contribution is 6.35. The van der Waals surface area contributed by atoms with E-state index >= 15 is 0 Å². The molecule has 0 aromatic rings. The van der Waals surface area contributed by atoms with Crippen LogP contribution in [0.25, 0.3) is 0 Å². The van der Waals surface area contributed by atoms with Crippen LogP contribution in [0.4, 0.5) is 0 Å². The van der Waals surface area contributed by atoms with E-state index in [1.807, 2.05) is 0 Å². The highest BCUT2D eigenvalue weighted by atomic mass is 14.3. The first-order valence-electron chi connectivity index (χ1n) is 5.65. The summed E-state index contributed by atoms with van der Waals surface area (Å²) in [6.45, 7) is 4.76. The third kappa shape index (κ3) is 2.31. The Kier molecular flexibility index (Phi) is 3.74. The Balaban J connectivity index is 2.44. The quantitative estimate of drug-likeness (QED) is 0.553. The molecule has 1 aliphatic carbocycles. The van der Waals surface area contributed by atoms with Gasteiger partial charge in [0.25, 0.3) is 0 Å². The van der Waals surface area contributed by atoms with Crippen LogP contribution in [0, 0.1) is 17.8 Å². The minimum Gasteiger partial charge on any atom is -0.0929 e. The second-order valence-electron chi connectivity index (χ2n) is 4.99. The fourth-order valence-corrected chi connectivity index (χ4v) is 2.99. The van der Waals surface area contributed by atoms with Crippen LogP contribution in [-0.2, 0) is 0 Å². The van der Waals surface area contributed by atoms with Crippen LogP contribution in [0.3, 0.4) is 0 Å². The molecule has 1 rings (SSSR count). The second-order valence-corrected chi connectivity index (χ2v) is 4.99. The van der Waals surface area contributed by atoms with Crippen LogP contribution in [-0.4, -0.2) is 15.7 Å². The van der Waals surface area contributed by atoms with Crippen molar-refractivity contribution in [2.45, 2.75) is 45.2 Å². The van der Waals surface area contributed by atoms with Crippen molar-refractivity contribution in [3.05, 3.63) is 0 Å². The minimum absolute atomic E-state index is 0.894. The first kappa shape index (κ1) is 10.2. The molecule has 2 heteroatoms. The second kappa shape index (κ2) is 4.39. The lowest BCUT2D eigenvalue weighted by Gasteiger charge is -2.26. The highest BCUT2D eigenvalue weighted by Crippen LogP contribution is 2.39. The van der Waals surface area contributed by atoms with Crippen molar-refractivity contribution in [2.24, 2.45) is 17.8 Å². The van der Waals surface area contributed by atoms with Gasteiger partial charge in [-0.2, -0.15) is 0 Å². The first-order chi connectivity index (χ1) is 5.65. The largest absolute Gasteiger partial charge is 0.0960 e. The molecule has 3 unspecified atom stereocenters. The van der Waals surface area contributed by atoms with Crippen molar-refractivity contribution in [3.8, 4) is 0 Å². The molecule has 0 aromatic heterocycles. The molecule has 1 aliphatic rings. The summed E-state index contributed by atoms with van der Waals surface area (Å²) in [7, 11) is 4.77.